The van der Waals surface area contributed by atoms with Gasteiger partial charge < -0.3 is 14.2 Å². The Morgan fingerprint density at radius 1 is 1.10 bits per heavy atom. The van der Waals surface area contributed by atoms with Gasteiger partial charge in [0.2, 0.25) is 10.0 Å². The Morgan fingerprint density at radius 2 is 1.80 bits per heavy atom. The molecule has 2 fully saturated rings. The molecule has 2 aliphatic rings. The zero-order chi connectivity index (χ0) is 28.7. The summed E-state index contributed by atoms with van der Waals surface area (Å²) in [7, 11) is -2.51. The van der Waals surface area contributed by atoms with Crippen molar-refractivity contribution < 1.29 is 27.4 Å². The Labute approximate surface area is 244 Å². The summed E-state index contributed by atoms with van der Waals surface area (Å²) in [6.45, 7) is 8.12. The molecule has 0 saturated carbocycles. The van der Waals surface area contributed by atoms with E-state index in [-0.39, 0.29) is 18.0 Å². The molecule has 0 spiro atoms. The number of thioether (sulfide) groups is 1. The quantitative estimate of drug-likeness (QED) is 0.303. The van der Waals surface area contributed by atoms with Crippen LogP contribution in [0.2, 0.25) is 0 Å². The van der Waals surface area contributed by atoms with Crippen molar-refractivity contribution in [3.05, 3.63) is 65.2 Å². The lowest BCUT2D eigenvalue weighted by Crippen LogP contribution is -2.49. The predicted octanol–water partition coefficient (Wildman–Crippen LogP) is 5.89. The van der Waals surface area contributed by atoms with Gasteiger partial charge in [-0.05, 0) is 72.6 Å². The number of esters is 1. The van der Waals surface area contributed by atoms with Crippen molar-refractivity contribution in [2.24, 2.45) is 11.8 Å². The van der Waals surface area contributed by atoms with Crippen molar-refractivity contribution in [1.29, 1.82) is 0 Å². The van der Waals surface area contributed by atoms with Gasteiger partial charge >= 0.3 is 5.97 Å². The third kappa shape index (κ3) is 7.41. The fourth-order valence-electron chi connectivity index (χ4n) is 5.50. The maximum Gasteiger partial charge on any atom is 0.338 e. The molecule has 2 heterocycles. The van der Waals surface area contributed by atoms with Crippen molar-refractivity contribution in [1.82, 2.24) is 0 Å². The average Bonchev–Trinajstić information content (AvgIpc) is 2.98. The van der Waals surface area contributed by atoms with Gasteiger partial charge in [-0.25, -0.2) is 13.2 Å². The van der Waals surface area contributed by atoms with Gasteiger partial charge in [-0.2, -0.15) is 0 Å². The topological polar surface area (TPSA) is 82.1 Å². The van der Waals surface area contributed by atoms with Gasteiger partial charge in [-0.1, -0.05) is 51.1 Å². The lowest BCUT2D eigenvalue weighted by atomic mass is 9.87. The number of rotatable bonds is 11. The molecular weight excluding hydrogens is 546 g/mol. The number of anilines is 1. The molecular formula is C31H43NO6S2. The van der Waals surface area contributed by atoms with Crippen LogP contribution >= 0.6 is 11.8 Å². The second kappa shape index (κ2) is 14.2. The summed E-state index contributed by atoms with van der Waals surface area (Å²) in [4.78, 5) is 12.8. The van der Waals surface area contributed by atoms with Crippen LogP contribution in [0.25, 0.3) is 0 Å². The number of hydrogen-bond acceptors (Lipinski definition) is 7. The maximum absolute atomic E-state index is 14.5. The summed E-state index contributed by atoms with van der Waals surface area (Å²) >= 11 is 1.75. The van der Waals surface area contributed by atoms with E-state index in [0.29, 0.717) is 35.7 Å². The zero-order valence-electron chi connectivity index (χ0n) is 24.1. The van der Waals surface area contributed by atoms with Gasteiger partial charge in [0.25, 0.3) is 0 Å². The molecule has 0 amide bonds. The maximum atomic E-state index is 14.5. The number of nitrogens with zero attached hydrogens (tertiary/aromatic N) is 1. The fourth-order valence-corrected chi connectivity index (χ4v) is 9.01. The molecule has 40 heavy (non-hydrogen) atoms. The van der Waals surface area contributed by atoms with Crippen LogP contribution in [0.15, 0.2) is 48.5 Å². The molecule has 3 unspecified atom stereocenters. The van der Waals surface area contributed by atoms with E-state index in [1.807, 2.05) is 50.2 Å². The van der Waals surface area contributed by atoms with Crippen LogP contribution in [-0.4, -0.2) is 64.3 Å². The molecule has 0 N–H and O–H groups in total. The first-order valence-corrected chi connectivity index (χ1v) is 16.9. The van der Waals surface area contributed by atoms with Gasteiger partial charge in [-0.15, -0.1) is 11.8 Å². The number of benzene rings is 2. The standard InChI is InChI=1S/C31H43NO6S2/c1-5-23-10-12-25(13-11-23)32(19-22(2)3)40(34,35)29-20-38-30(39-21-24-14-16-37-17-15-24)18-28(29)26-8-6-7-9-27(26)31(33)36-4/h6-13,22,24,28-30H,5,14-21H2,1-4H3. The molecule has 9 heteroatoms. The van der Waals surface area contributed by atoms with E-state index < -0.39 is 27.2 Å². The zero-order valence-corrected chi connectivity index (χ0v) is 25.7. The molecule has 2 aromatic rings. The van der Waals surface area contributed by atoms with E-state index in [0.717, 1.165) is 43.8 Å². The molecule has 7 nitrogen and oxygen atoms in total. The summed E-state index contributed by atoms with van der Waals surface area (Å²) in [5.74, 6) is 0.746. The number of aryl methyl sites for hydroxylation is 1. The SMILES string of the molecule is CCc1ccc(N(CC(C)C)S(=O)(=O)C2COC(SCC3CCOCC3)CC2c2ccccc2C(=O)OC)cc1. The van der Waals surface area contributed by atoms with E-state index in [1.165, 1.54) is 7.11 Å². The van der Waals surface area contributed by atoms with Gasteiger partial charge in [-0.3, -0.25) is 4.31 Å². The fraction of sp³-hybridized carbons (Fsp3) is 0.581. The van der Waals surface area contributed by atoms with Crippen LogP contribution in [-0.2, 0) is 30.7 Å². The minimum atomic E-state index is -3.87. The van der Waals surface area contributed by atoms with Crippen molar-refractivity contribution in [3.63, 3.8) is 0 Å². The molecule has 2 aromatic carbocycles. The summed E-state index contributed by atoms with van der Waals surface area (Å²) < 4.78 is 47.5. The Balaban J connectivity index is 1.68. The Bertz CT molecular complexity index is 1210. The third-order valence-electron chi connectivity index (χ3n) is 7.82. The summed E-state index contributed by atoms with van der Waals surface area (Å²) in [6, 6.07) is 15.0. The Hall–Kier alpha value is -2.07. The summed E-state index contributed by atoms with van der Waals surface area (Å²) in [5, 5.41) is -0.845. The van der Waals surface area contributed by atoms with Gasteiger partial charge in [0.05, 0.1) is 25.0 Å². The first-order valence-electron chi connectivity index (χ1n) is 14.3. The third-order valence-corrected chi connectivity index (χ3v) is 11.4. The highest BCUT2D eigenvalue weighted by molar-refractivity contribution is 7.99. The Kier molecular flexibility index (Phi) is 11.0. The minimum Gasteiger partial charge on any atom is -0.465 e. The number of hydrogen-bond donors (Lipinski definition) is 0. The number of carbonyl (C=O) groups is 1. The van der Waals surface area contributed by atoms with E-state index in [1.54, 1.807) is 28.2 Å². The number of sulfonamides is 1. The second-order valence-electron chi connectivity index (χ2n) is 11.1. The van der Waals surface area contributed by atoms with E-state index in [4.69, 9.17) is 14.2 Å². The van der Waals surface area contributed by atoms with Crippen molar-refractivity contribution in [3.8, 4) is 0 Å². The summed E-state index contributed by atoms with van der Waals surface area (Å²) in [6.07, 6.45) is 3.45. The van der Waals surface area contributed by atoms with Crippen molar-refractivity contribution in [2.45, 2.75) is 63.1 Å². The number of ether oxygens (including phenoxy) is 3. The molecule has 2 aliphatic heterocycles. The van der Waals surface area contributed by atoms with Gasteiger partial charge in [0.1, 0.15) is 10.7 Å². The van der Waals surface area contributed by atoms with Crippen LogP contribution in [0.4, 0.5) is 5.69 Å². The molecule has 0 radical (unpaired) electrons. The molecule has 220 valence electrons. The number of carbonyl (C=O) groups excluding carboxylic acids is 1. The predicted molar refractivity (Wildman–Crippen MR) is 162 cm³/mol. The lowest BCUT2D eigenvalue weighted by molar-refractivity contribution is 0.0569. The molecule has 4 rings (SSSR count). The second-order valence-corrected chi connectivity index (χ2v) is 14.4. The monoisotopic (exact) mass is 589 g/mol. The van der Waals surface area contributed by atoms with E-state index >= 15 is 0 Å². The lowest BCUT2D eigenvalue weighted by Gasteiger charge is -2.40. The largest absolute Gasteiger partial charge is 0.465 e. The highest BCUT2D eigenvalue weighted by Crippen LogP contribution is 2.42. The molecule has 0 aliphatic carbocycles. The normalized spacial score (nSPS) is 22.3. The van der Waals surface area contributed by atoms with Gasteiger partial charge in [0, 0.05) is 25.7 Å². The molecule has 0 bridgehead atoms. The minimum absolute atomic E-state index is 0.0651. The van der Waals surface area contributed by atoms with Crippen molar-refractivity contribution in [2.75, 3.05) is 43.5 Å². The molecule has 2 saturated heterocycles. The van der Waals surface area contributed by atoms with Gasteiger partial charge in [0.15, 0.2) is 0 Å². The van der Waals surface area contributed by atoms with Crippen LogP contribution in [0.1, 0.15) is 67.4 Å². The van der Waals surface area contributed by atoms with Crippen LogP contribution < -0.4 is 4.31 Å². The number of methoxy groups -OCH3 is 1. The van der Waals surface area contributed by atoms with Crippen molar-refractivity contribution >= 4 is 33.4 Å². The summed E-state index contributed by atoms with van der Waals surface area (Å²) in [5.41, 5.74) is 2.76. The van der Waals surface area contributed by atoms with E-state index in [9.17, 15) is 13.2 Å². The van der Waals surface area contributed by atoms with Crippen LogP contribution in [0, 0.1) is 11.8 Å². The average molecular weight is 590 g/mol. The highest BCUT2D eigenvalue weighted by Gasteiger charge is 2.45. The van der Waals surface area contributed by atoms with Crippen LogP contribution in [0.5, 0.6) is 0 Å². The first kappa shape index (κ1) is 30.9. The highest BCUT2D eigenvalue weighted by atomic mass is 32.2. The van der Waals surface area contributed by atoms with Crippen LogP contribution in [0.3, 0.4) is 0 Å². The Morgan fingerprint density at radius 3 is 2.45 bits per heavy atom. The molecule has 0 aromatic heterocycles. The first-order chi connectivity index (χ1) is 19.2. The van der Waals surface area contributed by atoms with E-state index in [2.05, 4.69) is 6.92 Å². The smallest absolute Gasteiger partial charge is 0.338 e. The molecule has 3 atom stereocenters.